The summed E-state index contributed by atoms with van der Waals surface area (Å²) in [6, 6.07) is 12.2. The molecule has 11 heteroatoms. The fourth-order valence-corrected chi connectivity index (χ4v) is 4.35. The number of nitrogens with zero attached hydrogens (tertiary/aromatic N) is 5. The first kappa shape index (κ1) is 22.5. The molecule has 2 heterocycles. The smallest absolute Gasteiger partial charge is 0.416 e. The van der Waals surface area contributed by atoms with Crippen molar-refractivity contribution in [3.63, 3.8) is 0 Å². The monoisotopic (exact) mass is 487 g/mol. The molecule has 0 spiro atoms. The van der Waals surface area contributed by atoms with Crippen molar-refractivity contribution in [3.05, 3.63) is 65.8 Å². The Hall–Kier alpha value is -3.34. The minimum atomic E-state index is -4.48. The van der Waals surface area contributed by atoms with Crippen molar-refractivity contribution >= 4 is 11.8 Å². The number of thioether (sulfide) groups is 1. The maximum Gasteiger partial charge on any atom is 0.416 e. The van der Waals surface area contributed by atoms with E-state index in [0.29, 0.717) is 45.6 Å². The quantitative estimate of drug-likeness (QED) is 0.293. The van der Waals surface area contributed by atoms with E-state index in [1.54, 1.807) is 42.0 Å². The van der Waals surface area contributed by atoms with Crippen molar-refractivity contribution in [2.45, 2.75) is 42.3 Å². The molecule has 0 aliphatic heterocycles. The van der Waals surface area contributed by atoms with E-state index in [1.807, 2.05) is 6.92 Å². The molecule has 1 aliphatic carbocycles. The average Bonchev–Trinajstić information content (AvgIpc) is 3.41. The number of rotatable bonds is 7. The zero-order valence-electron chi connectivity index (χ0n) is 18.3. The zero-order valence-corrected chi connectivity index (χ0v) is 19.1. The summed E-state index contributed by atoms with van der Waals surface area (Å²) in [6.07, 6.45) is -2.38. The number of hydrogen-bond donors (Lipinski definition) is 0. The Labute approximate surface area is 197 Å². The fourth-order valence-electron chi connectivity index (χ4n) is 3.46. The van der Waals surface area contributed by atoms with E-state index < -0.39 is 11.7 Å². The predicted octanol–water partition coefficient (Wildman–Crippen LogP) is 6.08. The topological polar surface area (TPSA) is 78.9 Å². The third-order valence-corrected chi connectivity index (χ3v) is 6.47. The van der Waals surface area contributed by atoms with E-state index in [4.69, 9.17) is 9.26 Å². The normalized spacial score (nSPS) is 14.9. The van der Waals surface area contributed by atoms with Gasteiger partial charge >= 0.3 is 6.18 Å². The molecule has 0 radical (unpaired) electrons. The lowest BCUT2D eigenvalue weighted by molar-refractivity contribution is -0.137. The summed E-state index contributed by atoms with van der Waals surface area (Å²) in [5, 5.41) is 12.8. The van der Waals surface area contributed by atoms with Gasteiger partial charge in [-0.15, -0.1) is 10.2 Å². The van der Waals surface area contributed by atoms with Crippen LogP contribution in [-0.2, 0) is 6.18 Å². The average molecular weight is 488 g/mol. The van der Waals surface area contributed by atoms with E-state index in [0.717, 1.165) is 25.0 Å². The van der Waals surface area contributed by atoms with E-state index in [2.05, 4.69) is 20.3 Å². The highest BCUT2D eigenvalue weighted by Gasteiger charge is 2.32. The number of alkyl halides is 3. The summed E-state index contributed by atoms with van der Waals surface area (Å²) < 4.78 is 52.5. The Bertz CT molecular complexity index is 1300. The third-order valence-electron chi connectivity index (χ3n) is 5.44. The van der Waals surface area contributed by atoms with E-state index >= 15 is 0 Å². The second-order valence-corrected chi connectivity index (χ2v) is 9.25. The largest absolute Gasteiger partial charge is 0.497 e. The number of halogens is 3. The Balaban J connectivity index is 1.55. The summed E-state index contributed by atoms with van der Waals surface area (Å²) in [5.41, 5.74) is 0.220. The van der Waals surface area contributed by atoms with Crippen LogP contribution in [0.1, 0.15) is 48.2 Å². The lowest BCUT2D eigenvalue weighted by atomic mass is 10.1. The van der Waals surface area contributed by atoms with Crippen LogP contribution in [0.4, 0.5) is 13.2 Å². The van der Waals surface area contributed by atoms with Gasteiger partial charge in [0, 0.05) is 11.5 Å². The van der Waals surface area contributed by atoms with Crippen LogP contribution >= 0.6 is 11.8 Å². The number of ether oxygens (including phenoxy) is 1. The molecule has 4 aromatic rings. The molecule has 2 aromatic carbocycles. The first-order chi connectivity index (χ1) is 16.3. The molecule has 1 saturated carbocycles. The molecular formula is C23H20F3N5O2S. The minimum absolute atomic E-state index is 0.280. The Morgan fingerprint density at radius 2 is 1.88 bits per heavy atom. The van der Waals surface area contributed by atoms with Crippen LogP contribution in [-0.4, -0.2) is 32.0 Å². The maximum absolute atomic E-state index is 13.4. The van der Waals surface area contributed by atoms with Gasteiger partial charge in [0.1, 0.15) is 5.75 Å². The fraction of sp³-hybridized carbons (Fsp3) is 0.304. The molecule has 1 aliphatic rings. The number of aromatic nitrogens is 5. The summed E-state index contributed by atoms with van der Waals surface area (Å²) in [5.74, 6) is 2.54. The lowest BCUT2D eigenvalue weighted by Crippen LogP contribution is -2.07. The molecule has 1 unspecified atom stereocenters. The second-order valence-electron chi connectivity index (χ2n) is 7.94. The highest BCUT2D eigenvalue weighted by atomic mass is 32.2. The summed E-state index contributed by atoms with van der Waals surface area (Å²) in [6.45, 7) is 1.88. The second kappa shape index (κ2) is 8.79. The Kier molecular flexibility index (Phi) is 5.80. The van der Waals surface area contributed by atoms with Gasteiger partial charge < -0.3 is 9.26 Å². The van der Waals surface area contributed by atoms with E-state index in [-0.39, 0.29) is 5.25 Å². The Morgan fingerprint density at radius 3 is 2.56 bits per heavy atom. The number of benzene rings is 2. The number of methoxy groups -OCH3 is 1. The molecule has 2 aromatic heterocycles. The molecule has 0 saturated heterocycles. The van der Waals surface area contributed by atoms with Crippen LogP contribution in [0.5, 0.6) is 5.75 Å². The number of hydrogen-bond acceptors (Lipinski definition) is 7. The van der Waals surface area contributed by atoms with Gasteiger partial charge in [-0.25, -0.2) is 0 Å². The van der Waals surface area contributed by atoms with Crippen molar-refractivity contribution in [2.75, 3.05) is 7.11 Å². The first-order valence-corrected chi connectivity index (χ1v) is 11.5. The molecule has 1 atom stereocenters. The maximum atomic E-state index is 13.4. The highest BCUT2D eigenvalue weighted by Crippen LogP contribution is 2.41. The van der Waals surface area contributed by atoms with Crippen LogP contribution in [0.15, 0.2) is 58.2 Å². The van der Waals surface area contributed by atoms with Crippen molar-refractivity contribution in [3.8, 4) is 22.8 Å². The standard InChI is InChI=1S/C23H20F3N5O2S/c1-13(21-27-19(30-33-21)14-6-7-14)34-22-29-28-20(15-8-10-18(32-2)11-9-15)31(22)17-5-3-4-16(12-17)23(24,25)26/h3-5,8-14H,6-7H2,1-2H3. The van der Waals surface area contributed by atoms with Gasteiger partial charge in [-0.3, -0.25) is 4.57 Å². The van der Waals surface area contributed by atoms with Crippen LogP contribution in [0.25, 0.3) is 17.1 Å². The van der Waals surface area contributed by atoms with Crippen molar-refractivity contribution in [1.29, 1.82) is 0 Å². The van der Waals surface area contributed by atoms with Gasteiger partial charge in [0.15, 0.2) is 16.8 Å². The van der Waals surface area contributed by atoms with Crippen LogP contribution < -0.4 is 4.74 Å². The van der Waals surface area contributed by atoms with E-state index in [1.165, 1.54) is 17.8 Å². The van der Waals surface area contributed by atoms with Gasteiger partial charge in [0.05, 0.1) is 23.6 Å². The molecule has 176 valence electrons. The highest BCUT2D eigenvalue weighted by molar-refractivity contribution is 7.99. The molecule has 1 fully saturated rings. The summed E-state index contributed by atoms with van der Waals surface area (Å²) in [7, 11) is 1.56. The molecule has 5 rings (SSSR count). The molecule has 0 N–H and O–H groups in total. The molecule has 0 amide bonds. The predicted molar refractivity (Wildman–Crippen MR) is 119 cm³/mol. The van der Waals surface area contributed by atoms with Crippen LogP contribution in [0, 0.1) is 0 Å². The van der Waals surface area contributed by atoms with Crippen molar-refractivity contribution in [1.82, 2.24) is 24.9 Å². The van der Waals surface area contributed by atoms with Gasteiger partial charge in [-0.05, 0) is 62.2 Å². The van der Waals surface area contributed by atoms with E-state index in [9.17, 15) is 13.2 Å². The SMILES string of the molecule is COc1ccc(-c2nnc(SC(C)c3nc(C4CC4)no3)n2-c2cccc(C(F)(F)F)c2)cc1. The Morgan fingerprint density at radius 1 is 1.12 bits per heavy atom. The van der Waals surface area contributed by atoms with Gasteiger partial charge in [0.2, 0.25) is 5.89 Å². The van der Waals surface area contributed by atoms with Crippen molar-refractivity contribution < 1.29 is 22.4 Å². The van der Waals surface area contributed by atoms with Crippen LogP contribution in [0.2, 0.25) is 0 Å². The molecular weight excluding hydrogens is 467 g/mol. The van der Waals surface area contributed by atoms with Gasteiger partial charge in [-0.2, -0.15) is 18.2 Å². The first-order valence-electron chi connectivity index (χ1n) is 10.6. The molecule has 0 bridgehead atoms. The van der Waals surface area contributed by atoms with Gasteiger partial charge in [0.25, 0.3) is 0 Å². The summed E-state index contributed by atoms with van der Waals surface area (Å²) >= 11 is 1.29. The summed E-state index contributed by atoms with van der Waals surface area (Å²) in [4.78, 5) is 4.48. The molecule has 7 nitrogen and oxygen atoms in total. The van der Waals surface area contributed by atoms with Crippen LogP contribution in [0.3, 0.4) is 0 Å². The lowest BCUT2D eigenvalue weighted by Gasteiger charge is -2.14. The third kappa shape index (κ3) is 4.52. The van der Waals surface area contributed by atoms with Crippen molar-refractivity contribution in [2.24, 2.45) is 0 Å². The minimum Gasteiger partial charge on any atom is -0.497 e. The van der Waals surface area contributed by atoms with Gasteiger partial charge in [-0.1, -0.05) is 23.0 Å². The zero-order chi connectivity index (χ0) is 23.9. The molecule has 34 heavy (non-hydrogen) atoms.